The highest BCUT2D eigenvalue weighted by Crippen LogP contribution is 2.29. The maximum Gasteiger partial charge on any atom is 0.218 e. The van der Waals surface area contributed by atoms with E-state index in [0.717, 1.165) is 17.5 Å². The Bertz CT molecular complexity index is 724. The van der Waals surface area contributed by atoms with Crippen LogP contribution in [0.3, 0.4) is 0 Å². The summed E-state index contributed by atoms with van der Waals surface area (Å²) < 4.78 is 10.9. The van der Waals surface area contributed by atoms with Crippen molar-refractivity contribution in [1.82, 2.24) is 19.9 Å². The molecule has 0 aromatic carbocycles. The molecule has 0 radical (unpaired) electrons. The van der Waals surface area contributed by atoms with E-state index in [0.29, 0.717) is 31.7 Å². The Kier molecular flexibility index (Phi) is 4.60. The molecule has 2 aliphatic rings. The number of anilines is 2. The fourth-order valence-corrected chi connectivity index (χ4v) is 3.07. The summed E-state index contributed by atoms with van der Waals surface area (Å²) in [6.45, 7) is 1.89. The molecular formula is C17H22N6O2. The van der Waals surface area contributed by atoms with Crippen molar-refractivity contribution in [2.24, 2.45) is 0 Å². The zero-order chi connectivity index (χ0) is 17.1. The first kappa shape index (κ1) is 16.0. The molecule has 2 fully saturated rings. The van der Waals surface area contributed by atoms with Crippen molar-refractivity contribution in [1.29, 1.82) is 0 Å². The first-order valence-electron chi connectivity index (χ1n) is 8.63. The third-order valence-electron chi connectivity index (χ3n) is 4.69. The molecule has 1 aliphatic carbocycles. The number of morpholine rings is 1. The van der Waals surface area contributed by atoms with Gasteiger partial charge < -0.3 is 19.7 Å². The lowest BCUT2D eigenvalue weighted by Gasteiger charge is -2.35. The van der Waals surface area contributed by atoms with E-state index < -0.39 is 0 Å². The number of ether oxygens (including phenoxy) is 2. The molecule has 1 aliphatic heterocycles. The molecule has 2 aromatic heterocycles. The molecule has 0 amide bonds. The highest BCUT2D eigenvalue weighted by atomic mass is 16.5. The molecule has 0 spiro atoms. The molecule has 8 nitrogen and oxygen atoms in total. The standard InChI is InChI=1S/C17H22N6O2/c1-24-16-9-15(19-11-20-16)23-7-8-25-10-13(23)17-18-6-5-14(22-17)21-12-3-2-4-12/h5-6,9,11-13H,2-4,7-8,10H2,1H3,(H,18,21,22). The molecule has 1 atom stereocenters. The third kappa shape index (κ3) is 3.48. The summed E-state index contributed by atoms with van der Waals surface area (Å²) in [7, 11) is 1.60. The zero-order valence-electron chi connectivity index (χ0n) is 14.3. The number of methoxy groups -OCH3 is 1. The minimum Gasteiger partial charge on any atom is -0.481 e. The second-order valence-corrected chi connectivity index (χ2v) is 6.27. The number of nitrogens with zero attached hydrogens (tertiary/aromatic N) is 5. The molecule has 1 saturated carbocycles. The Morgan fingerprint density at radius 3 is 3.00 bits per heavy atom. The summed E-state index contributed by atoms with van der Waals surface area (Å²) in [6.07, 6.45) is 7.01. The van der Waals surface area contributed by atoms with Gasteiger partial charge in [-0.2, -0.15) is 0 Å². The molecule has 1 saturated heterocycles. The molecule has 1 N–H and O–H groups in total. The van der Waals surface area contributed by atoms with Gasteiger partial charge in [-0.25, -0.2) is 19.9 Å². The molecular weight excluding hydrogens is 320 g/mol. The highest BCUT2D eigenvalue weighted by molar-refractivity contribution is 5.44. The van der Waals surface area contributed by atoms with Crippen LogP contribution < -0.4 is 15.0 Å². The van der Waals surface area contributed by atoms with Crippen LogP contribution in [0.25, 0.3) is 0 Å². The fraction of sp³-hybridized carbons (Fsp3) is 0.529. The van der Waals surface area contributed by atoms with Gasteiger partial charge in [0.2, 0.25) is 5.88 Å². The van der Waals surface area contributed by atoms with E-state index in [1.807, 2.05) is 12.1 Å². The highest BCUT2D eigenvalue weighted by Gasteiger charge is 2.29. The van der Waals surface area contributed by atoms with Crippen molar-refractivity contribution in [3.63, 3.8) is 0 Å². The topological polar surface area (TPSA) is 85.3 Å². The summed E-state index contributed by atoms with van der Waals surface area (Å²) in [4.78, 5) is 19.8. The van der Waals surface area contributed by atoms with Crippen molar-refractivity contribution in [2.45, 2.75) is 31.3 Å². The normalized spacial score (nSPS) is 20.8. The van der Waals surface area contributed by atoms with Crippen LogP contribution in [0.4, 0.5) is 11.6 Å². The van der Waals surface area contributed by atoms with Crippen LogP contribution in [0, 0.1) is 0 Å². The van der Waals surface area contributed by atoms with Gasteiger partial charge in [-0.15, -0.1) is 0 Å². The van der Waals surface area contributed by atoms with E-state index >= 15 is 0 Å². The van der Waals surface area contributed by atoms with Gasteiger partial charge in [0.15, 0.2) is 5.82 Å². The average Bonchev–Trinajstić information content (AvgIpc) is 2.65. The third-order valence-corrected chi connectivity index (χ3v) is 4.69. The van der Waals surface area contributed by atoms with Gasteiger partial charge in [-0.1, -0.05) is 0 Å². The van der Waals surface area contributed by atoms with E-state index in [2.05, 4.69) is 25.2 Å². The van der Waals surface area contributed by atoms with E-state index in [1.54, 1.807) is 13.3 Å². The lowest BCUT2D eigenvalue weighted by Crippen LogP contribution is -2.41. The van der Waals surface area contributed by atoms with E-state index in [-0.39, 0.29) is 6.04 Å². The number of aromatic nitrogens is 4. The monoisotopic (exact) mass is 342 g/mol. The number of hydrogen-bond donors (Lipinski definition) is 1. The van der Waals surface area contributed by atoms with Crippen molar-refractivity contribution >= 4 is 11.6 Å². The summed E-state index contributed by atoms with van der Waals surface area (Å²) in [6, 6.07) is 4.20. The first-order valence-corrected chi connectivity index (χ1v) is 8.63. The zero-order valence-corrected chi connectivity index (χ0v) is 14.3. The minimum absolute atomic E-state index is 0.0866. The van der Waals surface area contributed by atoms with Crippen molar-refractivity contribution in [2.75, 3.05) is 37.1 Å². The number of hydrogen-bond acceptors (Lipinski definition) is 8. The minimum atomic E-state index is -0.0866. The Labute approximate surface area is 146 Å². The maximum absolute atomic E-state index is 5.68. The van der Waals surface area contributed by atoms with Gasteiger partial charge >= 0.3 is 0 Å². The smallest absolute Gasteiger partial charge is 0.218 e. The fourth-order valence-electron chi connectivity index (χ4n) is 3.07. The Hall–Kier alpha value is -2.48. The van der Waals surface area contributed by atoms with Gasteiger partial charge in [0.05, 0.1) is 20.3 Å². The van der Waals surface area contributed by atoms with Crippen LogP contribution >= 0.6 is 0 Å². The van der Waals surface area contributed by atoms with Crippen LogP contribution in [-0.4, -0.2) is 52.8 Å². The van der Waals surface area contributed by atoms with Crippen molar-refractivity contribution in [3.8, 4) is 5.88 Å². The molecule has 8 heteroatoms. The SMILES string of the molecule is COc1cc(N2CCOCC2c2nccc(NC3CCC3)n2)ncn1. The van der Waals surface area contributed by atoms with Gasteiger partial charge in [0, 0.05) is 24.8 Å². The van der Waals surface area contributed by atoms with Crippen molar-refractivity contribution in [3.05, 3.63) is 30.5 Å². The lowest BCUT2D eigenvalue weighted by atomic mass is 9.93. The predicted molar refractivity (Wildman–Crippen MR) is 92.8 cm³/mol. The van der Waals surface area contributed by atoms with Gasteiger partial charge in [0.25, 0.3) is 0 Å². The molecule has 1 unspecified atom stereocenters. The number of rotatable bonds is 5. The second kappa shape index (κ2) is 7.18. The van der Waals surface area contributed by atoms with Crippen LogP contribution in [0.15, 0.2) is 24.7 Å². The Morgan fingerprint density at radius 1 is 1.28 bits per heavy atom. The van der Waals surface area contributed by atoms with E-state index in [4.69, 9.17) is 14.5 Å². The predicted octanol–water partition coefficient (Wildman–Crippen LogP) is 1.82. The first-order chi connectivity index (χ1) is 12.3. The van der Waals surface area contributed by atoms with Crippen LogP contribution in [0.5, 0.6) is 5.88 Å². The van der Waals surface area contributed by atoms with E-state index in [9.17, 15) is 0 Å². The van der Waals surface area contributed by atoms with Gasteiger partial charge in [0.1, 0.15) is 24.0 Å². The molecule has 3 heterocycles. The lowest BCUT2D eigenvalue weighted by molar-refractivity contribution is 0.0913. The molecule has 25 heavy (non-hydrogen) atoms. The van der Waals surface area contributed by atoms with Crippen LogP contribution in [0.2, 0.25) is 0 Å². The Morgan fingerprint density at radius 2 is 2.20 bits per heavy atom. The van der Waals surface area contributed by atoms with Crippen LogP contribution in [-0.2, 0) is 4.74 Å². The molecule has 2 aromatic rings. The summed E-state index contributed by atoms with van der Waals surface area (Å²) in [5.41, 5.74) is 0. The average molecular weight is 342 g/mol. The second-order valence-electron chi connectivity index (χ2n) is 6.27. The largest absolute Gasteiger partial charge is 0.481 e. The van der Waals surface area contributed by atoms with Crippen LogP contribution in [0.1, 0.15) is 31.1 Å². The van der Waals surface area contributed by atoms with Gasteiger partial charge in [-0.3, -0.25) is 0 Å². The maximum atomic E-state index is 5.68. The molecule has 132 valence electrons. The summed E-state index contributed by atoms with van der Waals surface area (Å²) in [5, 5.41) is 3.47. The molecule has 0 bridgehead atoms. The van der Waals surface area contributed by atoms with E-state index in [1.165, 1.54) is 25.6 Å². The summed E-state index contributed by atoms with van der Waals surface area (Å²) >= 11 is 0. The van der Waals surface area contributed by atoms with Gasteiger partial charge in [-0.05, 0) is 25.3 Å². The number of nitrogens with one attached hydrogen (secondary N) is 1. The van der Waals surface area contributed by atoms with Crippen molar-refractivity contribution < 1.29 is 9.47 Å². The summed E-state index contributed by atoms with van der Waals surface area (Å²) in [5.74, 6) is 2.94. The molecule has 4 rings (SSSR count). The Balaban J connectivity index is 1.58. The quantitative estimate of drug-likeness (QED) is 0.881.